The monoisotopic (exact) mass is 398 g/mol. The van der Waals surface area contributed by atoms with Crippen molar-refractivity contribution in [2.75, 3.05) is 16.8 Å². The van der Waals surface area contributed by atoms with Crippen molar-refractivity contribution in [2.24, 2.45) is 0 Å². The molecule has 2 aliphatic heterocycles. The van der Waals surface area contributed by atoms with Gasteiger partial charge in [-0.1, -0.05) is 30.3 Å². The maximum absolute atomic E-state index is 12.8. The van der Waals surface area contributed by atoms with E-state index in [0.29, 0.717) is 24.3 Å². The molecule has 0 spiro atoms. The summed E-state index contributed by atoms with van der Waals surface area (Å²) in [5.41, 5.74) is 5.50. The van der Waals surface area contributed by atoms with E-state index in [1.54, 1.807) is 0 Å². The first-order valence-electron chi connectivity index (χ1n) is 10.2. The van der Waals surface area contributed by atoms with Crippen molar-refractivity contribution >= 4 is 23.2 Å². The fourth-order valence-corrected chi connectivity index (χ4v) is 4.19. The third-order valence-corrected chi connectivity index (χ3v) is 5.63. The Hall–Kier alpha value is -3.60. The Labute approximate surface area is 175 Å². The van der Waals surface area contributed by atoms with E-state index in [1.165, 1.54) is 0 Å². The van der Waals surface area contributed by atoms with E-state index in [-0.39, 0.29) is 11.8 Å². The van der Waals surface area contributed by atoms with Crippen LogP contribution in [0.3, 0.4) is 0 Å². The average Bonchev–Trinajstić information content (AvgIpc) is 3.11. The van der Waals surface area contributed by atoms with Crippen molar-refractivity contribution in [1.29, 1.82) is 0 Å². The maximum atomic E-state index is 12.8. The predicted molar refractivity (Wildman–Crippen MR) is 116 cm³/mol. The van der Waals surface area contributed by atoms with Crippen molar-refractivity contribution in [3.8, 4) is 5.75 Å². The summed E-state index contributed by atoms with van der Waals surface area (Å²) in [5, 5.41) is 2.95. The minimum atomic E-state index is -0.163. The number of nitrogens with zero attached hydrogens (tertiary/aromatic N) is 1. The number of nitrogens with one attached hydrogen (secondary N) is 1. The smallest absolute Gasteiger partial charge is 0.255 e. The summed E-state index contributed by atoms with van der Waals surface area (Å²) >= 11 is 0. The van der Waals surface area contributed by atoms with Gasteiger partial charge in [-0.05, 0) is 65.9 Å². The fourth-order valence-electron chi connectivity index (χ4n) is 4.19. The van der Waals surface area contributed by atoms with Crippen LogP contribution in [0.2, 0.25) is 0 Å². The van der Waals surface area contributed by atoms with Gasteiger partial charge in [-0.2, -0.15) is 0 Å². The summed E-state index contributed by atoms with van der Waals surface area (Å²) in [4.78, 5) is 26.9. The number of carbonyl (C=O) groups excluding carboxylic acids is 2. The third-order valence-electron chi connectivity index (χ3n) is 5.63. The second kappa shape index (κ2) is 7.67. The second-order valence-corrected chi connectivity index (χ2v) is 7.72. The van der Waals surface area contributed by atoms with Gasteiger partial charge in [0.2, 0.25) is 5.91 Å². The molecule has 0 saturated carbocycles. The summed E-state index contributed by atoms with van der Waals surface area (Å²) in [6.07, 6.45) is 2.23. The average molecular weight is 398 g/mol. The number of anilines is 2. The molecular formula is C25H22N2O3. The van der Waals surface area contributed by atoms with E-state index in [4.69, 9.17) is 4.74 Å². The summed E-state index contributed by atoms with van der Waals surface area (Å²) < 4.78 is 5.79. The zero-order valence-electron chi connectivity index (χ0n) is 16.6. The number of rotatable bonds is 5. The topological polar surface area (TPSA) is 58.6 Å². The molecular weight excluding hydrogens is 376 g/mol. The highest BCUT2D eigenvalue weighted by Gasteiger charge is 2.32. The molecule has 2 aliphatic rings. The molecule has 150 valence electrons. The van der Waals surface area contributed by atoms with Crippen molar-refractivity contribution in [1.82, 2.24) is 0 Å². The Morgan fingerprint density at radius 3 is 2.57 bits per heavy atom. The summed E-state index contributed by atoms with van der Waals surface area (Å²) in [6, 6.07) is 21.1. The quantitative estimate of drug-likeness (QED) is 0.695. The van der Waals surface area contributed by atoms with Gasteiger partial charge in [0.25, 0.3) is 5.91 Å². The lowest BCUT2D eigenvalue weighted by Crippen LogP contribution is -2.31. The zero-order valence-corrected chi connectivity index (χ0v) is 16.6. The van der Waals surface area contributed by atoms with Crippen molar-refractivity contribution < 1.29 is 14.3 Å². The first-order chi connectivity index (χ1) is 14.7. The van der Waals surface area contributed by atoms with Crippen LogP contribution in [0.4, 0.5) is 11.4 Å². The van der Waals surface area contributed by atoms with Crippen molar-refractivity contribution in [3.05, 3.63) is 89.0 Å². The number of hydrogen-bond acceptors (Lipinski definition) is 3. The molecule has 3 aromatic carbocycles. The highest BCUT2D eigenvalue weighted by atomic mass is 16.5. The van der Waals surface area contributed by atoms with Crippen LogP contribution in [-0.4, -0.2) is 18.4 Å². The third kappa shape index (κ3) is 3.54. The Balaban J connectivity index is 1.27. The van der Waals surface area contributed by atoms with E-state index in [2.05, 4.69) is 5.32 Å². The standard InChI is InChI=1S/C25H22N2O3/c28-23-15-19-14-20(13-18-7-4-12-27(23)24(18)19)25(29)26-21-8-10-22(11-9-21)30-16-17-5-2-1-3-6-17/h1-3,5-6,8-11,13-14H,4,7,12,15-16H2,(H,26,29). The SMILES string of the molecule is O=C(Nc1ccc(OCc2ccccc2)cc1)c1cc2c3c(c1)CC(=O)N3CCC2. The molecule has 0 saturated heterocycles. The van der Waals surface area contributed by atoms with Crippen LogP contribution in [0.1, 0.15) is 33.5 Å². The number of ether oxygens (including phenoxy) is 1. The minimum absolute atomic E-state index is 0.134. The number of amides is 2. The zero-order chi connectivity index (χ0) is 20.5. The van der Waals surface area contributed by atoms with Gasteiger partial charge in [0.05, 0.1) is 12.1 Å². The van der Waals surface area contributed by atoms with Crippen LogP contribution in [0.15, 0.2) is 66.7 Å². The van der Waals surface area contributed by atoms with Crippen LogP contribution < -0.4 is 15.0 Å². The van der Waals surface area contributed by atoms with Crippen LogP contribution >= 0.6 is 0 Å². The number of hydrogen-bond donors (Lipinski definition) is 1. The molecule has 30 heavy (non-hydrogen) atoms. The molecule has 5 nitrogen and oxygen atoms in total. The van der Waals surface area contributed by atoms with Gasteiger partial charge in [0.1, 0.15) is 12.4 Å². The largest absolute Gasteiger partial charge is 0.489 e. The second-order valence-electron chi connectivity index (χ2n) is 7.72. The molecule has 0 atom stereocenters. The van der Waals surface area contributed by atoms with Crippen molar-refractivity contribution in [2.45, 2.75) is 25.9 Å². The number of benzene rings is 3. The lowest BCUT2D eigenvalue weighted by molar-refractivity contribution is -0.117. The maximum Gasteiger partial charge on any atom is 0.255 e. The molecule has 2 heterocycles. The number of aryl methyl sites for hydroxylation is 1. The lowest BCUT2D eigenvalue weighted by atomic mass is 9.96. The lowest BCUT2D eigenvalue weighted by Gasteiger charge is -2.25. The molecule has 5 heteroatoms. The molecule has 2 amide bonds. The number of carbonyl (C=O) groups is 2. The van der Waals surface area contributed by atoms with Crippen LogP contribution in [0.5, 0.6) is 5.75 Å². The van der Waals surface area contributed by atoms with Gasteiger partial charge < -0.3 is 15.0 Å². The van der Waals surface area contributed by atoms with Gasteiger partial charge in [-0.25, -0.2) is 0 Å². The molecule has 0 aromatic heterocycles. The van der Waals surface area contributed by atoms with Gasteiger partial charge in [0, 0.05) is 17.8 Å². The molecule has 0 fully saturated rings. The highest BCUT2D eigenvalue weighted by molar-refractivity contribution is 6.08. The predicted octanol–water partition coefficient (Wildman–Crippen LogP) is 4.35. The van der Waals surface area contributed by atoms with E-state index in [0.717, 1.165) is 47.5 Å². The van der Waals surface area contributed by atoms with Gasteiger partial charge >= 0.3 is 0 Å². The van der Waals surface area contributed by atoms with E-state index < -0.39 is 0 Å². The molecule has 0 unspecified atom stereocenters. The first kappa shape index (κ1) is 18.4. The van der Waals surface area contributed by atoms with Gasteiger partial charge in [-0.15, -0.1) is 0 Å². The van der Waals surface area contributed by atoms with Crippen LogP contribution in [-0.2, 0) is 24.2 Å². The minimum Gasteiger partial charge on any atom is -0.489 e. The Kier molecular flexibility index (Phi) is 4.71. The molecule has 0 aliphatic carbocycles. The van der Waals surface area contributed by atoms with E-state index in [1.807, 2.05) is 71.6 Å². The Bertz CT molecular complexity index is 1110. The molecule has 3 aromatic rings. The molecule has 0 radical (unpaired) electrons. The summed E-state index contributed by atoms with van der Waals surface area (Å²) in [7, 11) is 0. The summed E-state index contributed by atoms with van der Waals surface area (Å²) in [5.74, 6) is 0.718. The van der Waals surface area contributed by atoms with Gasteiger partial charge in [0.15, 0.2) is 0 Å². The normalized spacial score (nSPS) is 14.4. The summed E-state index contributed by atoms with van der Waals surface area (Å²) in [6.45, 7) is 1.28. The Morgan fingerprint density at radius 2 is 1.77 bits per heavy atom. The van der Waals surface area contributed by atoms with Crippen LogP contribution in [0, 0.1) is 0 Å². The first-order valence-corrected chi connectivity index (χ1v) is 10.2. The Morgan fingerprint density at radius 1 is 1.00 bits per heavy atom. The highest BCUT2D eigenvalue weighted by Crippen LogP contribution is 2.37. The van der Waals surface area contributed by atoms with Crippen LogP contribution in [0.25, 0.3) is 0 Å². The molecule has 1 N–H and O–H groups in total. The molecule has 0 bridgehead atoms. The fraction of sp³-hybridized carbons (Fsp3) is 0.200. The molecule has 5 rings (SSSR count). The van der Waals surface area contributed by atoms with E-state index in [9.17, 15) is 9.59 Å². The van der Waals surface area contributed by atoms with E-state index >= 15 is 0 Å². The van der Waals surface area contributed by atoms with Crippen molar-refractivity contribution in [3.63, 3.8) is 0 Å². The van der Waals surface area contributed by atoms with Gasteiger partial charge in [-0.3, -0.25) is 9.59 Å².